The molecule has 0 atom stereocenters. The Kier molecular flexibility index (Phi) is 4.99. The minimum absolute atomic E-state index is 0.0174. The first-order chi connectivity index (χ1) is 12.2. The monoisotopic (exact) mass is 339 g/mol. The van der Waals surface area contributed by atoms with Gasteiger partial charge in [-0.25, -0.2) is 4.79 Å². The summed E-state index contributed by atoms with van der Waals surface area (Å²) in [6, 6.07) is 16.2. The molecule has 2 aromatic carbocycles. The first-order valence-corrected chi connectivity index (χ1v) is 7.61. The van der Waals surface area contributed by atoms with E-state index in [-0.39, 0.29) is 6.61 Å². The number of methoxy groups -OCH3 is 2. The van der Waals surface area contributed by atoms with Gasteiger partial charge in [-0.2, -0.15) is 0 Å². The van der Waals surface area contributed by atoms with Crippen molar-refractivity contribution in [1.29, 1.82) is 0 Å². The van der Waals surface area contributed by atoms with Crippen LogP contribution >= 0.6 is 0 Å². The van der Waals surface area contributed by atoms with E-state index in [4.69, 9.17) is 18.7 Å². The second-order valence-corrected chi connectivity index (χ2v) is 5.19. The molecule has 0 spiro atoms. The van der Waals surface area contributed by atoms with Gasteiger partial charge in [0.2, 0.25) is 0 Å². The Morgan fingerprint density at radius 2 is 1.76 bits per heavy atom. The van der Waals surface area contributed by atoms with Crippen molar-refractivity contribution in [2.24, 2.45) is 0 Å². The summed E-state index contributed by atoms with van der Waals surface area (Å²) in [6.45, 7) is 0.0174. The van der Waals surface area contributed by atoms with E-state index < -0.39 is 5.97 Å². The van der Waals surface area contributed by atoms with Gasteiger partial charge in [0.25, 0.3) is 0 Å². The zero-order valence-corrected chi connectivity index (χ0v) is 13.9. The third-order valence-electron chi connectivity index (χ3n) is 3.59. The van der Waals surface area contributed by atoms with Crippen LogP contribution in [0.4, 0.5) is 0 Å². The maximum Gasteiger partial charge on any atom is 0.338 e. The van der Waals surface area contributed by atoms with E-state index in [1.165, 1.54) is 14.2 Å². The molecule has 0 bridgehead atoms. The molecule has 0 saturated carbocycles. The molecule has 3 aromatic rings. The molecule has 0 amide bonds. The van der Waals surface area contributed by atoms with Crippen molar-refractivity contribution in [2.75, 3.05) is 14.2 Å². The molecule has 3 rings (SSSR count). The molecule has 1 heterocycles. The molecule has 1 aromatic heterocycles. The van der Waals surface area contributed by atoms with Gasteiger partial charge < -0.3 is 18.7 Å². The fraction of sp³-hybridized carbons (Fsp3) is 0.158. The van der Waals surface area contributed by atoms with E-state index in [0.717, 1.165) is 5.56 Å². The number of carbonyl (C=O) groups excluding carboxylic acids is 1. The summed E-state index contributed by atoms with van der Waals surface area (Å²) >= 11 is 0. The Morgan fingerprint density at radius 1 is 1.00 bits per heavy atom. The average molecular weight is 339 g/mol. The van der Waals surface area contributed by atoms with Gasteiger partial charge in [-0.05, 0) is 18.2 Å². The largest absolute Gasteiger partial charge is 0.493 e. The van der Waals surface area contributed by atoms with Crippen LogP contribution in [0.25, 0.3) is 11.3 Å². The maximum atomic E-state index is 12.2. The summed E-state index contributed by atoms with van der Waals surface area (Å²) in [5.41, 5.74) is 1.81. The number of esters is 1. The van der Waals surface area contributed by atoms with Crippen molar-refractivity contribution < 1.29 is 23.5 Å². The van der Waals surface area contributed by atoms with Gasteiger partial charge in [0.05, 0.1) is 19.8 Å². The van der Waals surface area contributed by atoms with Gasteiger partial charge in [0.1, 0.15) is 12.3 Å². The highest BCUT2D eigenvalue weighted by Gasteiger charge is 2.13. The lowest BCUT2D eigenvalue weighted by atomic mass is 10.2. The Morgan fingerprint density at radius 3 is 2.48 bits per heavy atom. The summed E-state index contributed by atoms with van der Waals surface area (Å²) in [5.74, 6) is 1.15. The number of hydrogen-bond donors (Lipinski definition) is 0. The van der Waals surface area contributed by atoms with Crippen LogP contribution < -0.4 is 9.47 Å². The zero-order chi connectivity index (χ0) is 17.6. The Balaban J connectivity index is 1.66. The van der Waals surface area contributed by atoms with E-state index in [1.807, 2.05) is 30.3 Å². The number of carbonyl (C=O) groups is 1. The van der Waals surface area contributed by atoms with Crippen molar-refractivity contribution in [3.63, 3.8) is 0 Å². The number of aromatic nitrogens is 1. The lowest BCUT2D eigenvalue weighted by molar-refractivity contribution is 0.0464. The lowest BCUT2D eigenvalue weighted by Gasteiger charge is -2.09. The molecule has 0 aliphatic rings. The van der Waals surface area contributed by atoms with Gasteiger partial charge in [-0.15, -0.1) is 0 Å². The summed E-state index contributed by atoms with van der Waals surface area (Å²) in [6.07, 6.45) is 0. The maximum absolute atomic E-state index is 12.2. The molecular formula is C19H17NO5. The summed E-state index contributed by atoms with van der Waals surface area (Å²) < 4.78 is 20.9. The van der Waals surface area contributed by atoms with Crippen LogP contribution in [0.2, 0.25) is 0 Å². The highest BCUT2D eigenvalue weighted by Crippen LogP contribution is 2.28. The van der Waals surface area contributed by atoms with Gasteiger partial charge in [0, 0.05) is 11.6 Å². The molecule has 0 unspecified atom stereocenters. The molecule has 0 radical (unpaired) electrons. The topological polar surface area (TPSA) is 70.8 Å². The van der Waals surface area contributed by atoms with Gasteiger partial charge in [-0.1, -0.05) is 35.5 Å². The van der Waals surface area contributed by atoms with E-state index in [9.17, 15) is 4.79 Å². The Bertz CT molecular complexity index is 857. The second kappa shape index (κ2) is 7.53. The van der Waals surface area contributed by atoms with Crippen LogP contribution in [-0.4, -0.2) is 25.3 Å². The number of nitrogens with zero attached hydrogens (tertiary/aromatic N) is 1. The molecular weight excluding hydrogens is 322 g/mol. The molecule has 0 fully saturated rings. The second-order valence-electron chi connectivity index (χ2n) is 5.19. The fourth-order valence-corrected chi connectivity index (χ4v) is 2.30. The average Bonchev–Trinajstić information content (AvgIpc) is 3.15. The van der Waals surface area contributed by atoms with Crippen molar-refractivity contribution in [1.82, 2.24) is 5.16 Å². The lowest BCUT2D eigenvalue weighted by Crippen LogP contribution is -2.06. The van der Waals surface area contributed by atoms with Crippen molar-refractivity contribution in [3.05, 3.63) is 65.9 Å². The van der Waals surface area contributed by atoms with Crippen LogP contribution in [0.3, 0.4) is 0 Å². The van der Waals surface area contributed by atoms with Crippen LogP contribution in [0.5, 0.6) is 11.5 Å². The normalized spacial score (nSPS) is 10.3. The summed E-state index contributed by atoms with van der Waals surface area (Å²) in [4.78, 5) is 12.2. The van der Waals surface area contributed by atoms with Gasteiger partial charge in [0.15, 0.2) is 17.3 Å². The van der Waals surface area contributed by atoms with Crippen molar-refractivity contribution in [2.45, 2.75) is 6.61 Å². The van der Waals surface area contributed by atoms with Crippen LogP contribution in [0.15, 0.2) is 59.1 Å². The molecule has 0 aliphatic carbocycles. The fourth-order valence-electron chi connectivity index (χ4n) is 2.30. The third-order valence-corrected chi connectivity index (χ3v) is 3.59. The number of ether oxygens (including phenoxy) is 3. The third kappa shape index (κ3) is 3.80. The molecule has 6 heteroatoms. The van der Waals surface area contributed by atoms with Crippen LogP contribution in [-0.2, 0) is 11.3 Å². The first-order valence-electron chi connectivity index (χ1n) is 7.61. The highest BCUT2D eigenvalue weighted by molar-refractivity contribution is 5.90. The standard InChI is InChI=1S/C19H17NO5/c1-22-16-9-8-14(10-18(16)23-2)19(21)24-12-15-11-17(25-20-15)13-6-4-3-5-7-13/h3-11H,12H2,1-2H3. The minimum Gasteiger partial charge on any atom is -0.493 e. The quantitative estimate of drug-likeness (QED) is 0.638. The van der Waals surface area contributed by atoms with Gasteiger partial charge >= 0.3 is 5.97 Å². The predicted octanol–water partition coefficient (Wildman–Crippen LogP) is 3.72. The molecule has 0 saturated heterocycles. The van der Waals surface area contributed by atoms with E-state index >= 15 is 0 Å². The van der Waals surface area contributed by atoms with Crippen molar-refractivity contribution in [3.8, 4) is 22.8 Å². The summed E-state index contributed by atoms with van der Waals surface area (Å²) in [7, 11) is 3.04. The summed E-state index contributed by atoms with van der Waals surface area (Å²) in [5, 5.41) is 3.92. The highest BCUT2D eigenvalue weighted by atomic mass is 16.5. The molecule has 0 N–H and O–H groups in total. The van der Waals surface area contributed by atoms with E-state index in [2.05, 4.69) is 5.16 Å². The Labute approximate surface area is 144 Å². The van der Waals surface area contributed by atoms with Crippen LogP contribution in [0.1, 0.15) is 16.1 Å². The van der Waals surface area contributed by atoms with E-state index in [1.54, 1.807) is 24.3 Å². The molecule has 6 nitrogen and oxygen atoms in total. The number of benzene rings is 2. The number of hydrogen-bond acceptors (Lipinski definition) is 6. The predicted molar refractivity (Wildman–Crippen MR) is 90.6 cm³/mol. The molecule has 25 heavy (non-hydrogen) atoms. The smallest absolute Gasteiger partial charge is 0.338 e. The minimum atomic E-state index is -0.481. The van der Waals surface area contributed by atoms with E-state index in [0.29, 0.717) is 28.5 Å². The Hall–Kier alpha value is -3.28. The van der Waals surface area contributed by atoms with Crippen molar-refractivity contribution >= 4 is 5.97 Å². The number of rotatable bonds is 6. The van der Waals surface area contributed by atoms with Gasteiger partial charge in [-0.3, -0.25) is 0 Å². The SMILES string of the molecule is COc1ccc(C(=O)OCc2cc(-c3ccccc3)on2)cc1OC. The first kappa shape index (κ1) is 16.6. The molecule has 128 valence electrons. The zero-order valence-electron chi connectivity index (χ0n) is 13.9. The van der Waals surface area contributed by atoms with Crippen LogP contribution in [0, 0.1) is 0 Å². The molecule has 0 aliphatic heterocycles.